The average Bonchev–Trinajstić information content (AvgIpc) is 3.04. The molecule has 0 atom stereocenters. The van der Waals surface area contributed by atoms with E-state index in [0.717, 1.165) is 9.87 Å². The highest BCUT2D eigenvalue weighted by Crippen LogP contribution is 2.32. The van der Waals surface area contributed by atoms with E-state index in [2.05, 4.69) is 15.8 Å². The van der Waals surface area contributed by atoms with Crippen LogP contribution in [0.3, 0.4) is 0 Å². The summed E-state index contributed by atoms with van der Waals surface area (Å²) in [6.07, 6.45) is 1.39. The molecule has 45 heavy (non-hydrogen) atoms. The lowest BCUT2D eigenvalue weighted by atomic mass is 10.2. The van der Waals surface area contributed by atoms with Crippen LogP contribution >= 0.6 is 11.6 Å². The number of sulfonamides is 1. The third-order valence-corrected chi connectivity index (χ3v) is 8.45. The first-order valence-corrected chi connectivity index (χ1v) is 15.3. The molecule has 0 heterocycles. The van der Waals surface area contributed by atoms with Crippen molar-refractivity contribution in [2.75, 3.05) is 37.0 Å². The van der Waals surface area contributed by atoms with Crippen LogP contribution in [0.4, 0.5) is 11.4 Å². The number of nitrogens with one attached hydrogen (secondary N) is 2. The highest BCUT2D eigenvalue weighted by Gasteiger charge is 2.28. The maximum Gasteiger partial charge on any atom is 0.264 e. The number of halogens is 1. The first-order chi connectivity index (χ1) is 21.6. The minimum Gasteiger partial charge on any atom is -0.493 e. The number of nitrogens with zero attached hydrogens (tertiary/aromatic N) is 2. The Bertz CT molecular complexity index is 1780. The number of hydrogen-bond donors (Lipinski definition) is 2. The molecule has 0 fully saturated rings. The number of anilines is 2. The predicted molar refractivity (Wildman–Crippen MR) is 173 cm³/mol. The van der Waals surface area contributed by atoms with Crippen LogP contribution in [0.2, 0.25) is 5.02 Å². The van der Waals surface area contributed by atoms with Gasteiger partial charge in [0.05, 0.1) is 41.7 Å². The zero-order valence-electron chi connectivity index (χ0n) is 24.7. The van der Waals surface area contributed by atoms with E-state index in [1.54, 1.807) is 72.8 Å². The zero-order chi connectivity index (χ0) is 32.4. The summed E-state index contributed by atoms with van der Waals surface area (Å²) in [7, 11) is -1.35. The van der Waals surface area contributed by atoms with E-state index in [1.165, 1.54) is 38.6 Å². The van der Waals surface area contributed by atoms with E-state index in [-0.39, 0.29) is 23.2 Å². The first kappa shape index (κ1) is 32.8. The van der Waals surface area contributed by atoms with E-state index in [9.17, 15) is 18.0 Å². The van der Waals surface area contributed by atoms with Gasteiger partial charge >= 0.3 is 0 Å². The normalized spacial score (nSPS) is 11.1. The number of hydrazone groups is 1. The molecule has 0 spiro atoms. The van der Waals surface area contributed by atoms with E-state index in [1.807, 2.05) is 6.92 Å². The Hall–Kier alpha value is -5.07. The number of aryl methyl sites for hydroxylation is 1. The number of methoxy groups -OCH3 is 2. The summed E-state index contributed by atoms with van der Waals surface area (Å²) >= 11 is 6.06. The standard InChI is InChI=1S/C32H31ClN4O7S/c1-22-8-12-24(13-9-22)37(45(40,41)26-16-17-29(42-2)30(18-26)43-3)20-31(38)36-34-19-23-10-14-25(15-11-23)44-21-32(39)35-28-7-5-4-6-27(28)33/h4-19H,20-21H2,1-3H3,(H,35,39)(H,36,38)/b34-19-. The van der Waals surface area contributed by atoms with Gasteiger partial charge in [0.15, 0.2) is 18.1 Å². The lowest BCUT2D eigenvalue weighted by Gasteiger charge is -2.24. The summed E-state index contributed by atoms with van der Waals surface area (Å²) < 4.78 is 44.4. The van der Waals surface area contributed by atoms with Crippen molar-refractivity contribution in [3.05, 3.63) is 107 Å². The molecular weight excluding hydrogens is 620 g/mol. The van der Waals surface area contributed by atoms with Gasteiger partial charge in [-0.05, 0) is 73.2 Å². The van der Waals surface area contributed by atoms with Gasteiger partial charge in [0.25, 0.3) is 21.8 Å². The topological polar surface area (TPSA) is 136 Å². The fraction of sp³-hybridized carbons (Fsp3) is 0.156. The van der Waals surface area contributed by atoms with E-state index >= 15 is 0 Å². The van der Waals surface area contributed by atoms with Crippen molar-refractivity contribution in [2.45, 2.75) is 11.8 Å². The lowest BCUT2D eigenvalue weighted by molar-refractivity contribution is -0.119. The number of ether oxygens (including phenoxy) is 3. The Morgan fingerprint density at radius 3 is 2.24 bits per heavy atom. The molecule has 0 aliphatic carbocycles. The predicted octanol–water partition coefficient (Wildman–Crippen LogP) is 5.03. The second-order valence-corrected chi connectivity index (χ2v) is 11.8. The molecule has 0 bridgehead atoms. The van der Waals surface area contributed by atoms with E-state index in [4.69, 9.17) is 25.8 Å². The van der Waals surface area contributed by atoms with Crippen molar-refractivity contribution >= 4 is 51.0 Å². The van der Waals surface area contributed by atoms with Crippen LogP contribution in [-0.4, -0.2) is 53.8 Å². The third-order valence-electron chi connectivity index (χ3n) is 6.35. The van der Waals surface area contributed by atoms with Crippen LogP contribution in [0.5, 0.6) is 17.2 Å². The first-order valence-electron chi connectivity index (χ1n) is 13.5. The Morgan fingerprint density at radius 1 is 0.889 bits per heavy atom. The van der Waals surface area contributed by atoms with Crippen molar-refractivity contribution in [1.29, 1.82) is 0 Å². The van der Waals surface area contributed by atoms with Crippen LogP contribution in [-0.2, 0) is 19.6 Å². The number of amides is 2. The second kappa shape index (κ2) is 15.1. The number of hydrogen-bond acceptors (Lipinski definition) is 8. The van der Waals surface area contributed by atoms with Crippen molar-refractivity contribution in [2.24, 2.45) is 5.10 Å². The number of rotatable bonds is 13. The van der Waals surface area contributed by atoms with Gasteiger partial charge in [0.2, 0.25) is 0 Å². The van der Waals surface area contributed by atoms with Crippen LogP contribution in [0.1, 0.15) is 11.1 Å². The van der Waals surface area contributed by atoms with Crippen LogP contribution < -0.4 is 29.3 Å². The van der Waals surface area contributed by atoms with Crippen molar-refractivity contribution in [1.82, 2.24) is 5.43 Å². The number of carbonyl (C=O) groups is 2. The molecule has 0 aromatic heterocycles. The molecule has 0 unspecified atom stereocenters. The molecule has 13 heteroatoms. The fourth-order valence-corrected chi connectivity index (χ4v) is 5.64. The number of carbonyl (C=O) groups excluding carboxylic acids is 2. The van der Waals surface area contributed by atoms with E-state index in [0.29, 0.717) is 33.5 Å². The van der Waals surface area contributed by atoms with Crippen LogP contribution in [0, 0.1) is 6.92 Å². The average molecular weight is 651 g/mol. The third kappa shape index (κ3) is 8.74. The Morgan fingerprint density at radius 2 is 1.58 bits per heavy atom. The van der Waals surface area contributed by atoms with Gasteiger partial charge in [-0.25, -0.2) is 13.8 Å². The molecule has 0 aliphatic heterocycles. The van der Waals surface area contributed by atoms with Gasteiger partial charge < -0.3 is 19.5 Å². The smallest absolute Gasteiger partial charge is 0.264 e. The van der Waals surface area contributed by atoms with Crippen molar-refractivity contribution in [3.63, 3.8) is 0 Å². The molecule has 2 N–H and O–H groups in total. The Balaban J connectivity index is 1.39. The molecule has 2 amide bonds. The lowest BCUT2D eigenvalue weighted by Crippen LogP contribution is -2.39. The summed E-state index contributed by atoms with van der Waals surface area (Å²) in [6, 6.07) is 24.4. The van der Waals surface area contributed by atoms with Crippen molar-refractivity contribution in [3.8, 4) is 17.2 Å². The minimum absolute atomic E-state index is 0.0827. The summed E-state index contributed by atoms with van der Waals surface area (Å²) in [5, 5.41) is 7.06. The van der Waals surface area contributed by atoms with Crippen molar-refractivity contribution < 1.29 is 32.2 Å². The molecule has 11 nitrogen and oxygen atoms in total. The second-order valence-electron chi connectivity index (χ2n) is 9.54. The number of benzene rings is 4. The Labute approximate surface area is 266 Å². The molecule has 4 rings (SSSR count). The maximum absolute atomic E-state index is 13.7. The SMILES string of the molecule is COc1ccc(S(=O)(=O)N(CC(=O)N/N=C\c2ccc(OCC(=O)Nc3ccccc3Cl)cc2)c2ccc(C)cc2)cc1OC. The minimum atomic E-state index is -4.20. The molecule has 0 saturated heterocycles. The largest absolute Gasteiger partial charge is 0.493 e. The molecule has 0 saturated carbocycles. The molecule has 0 aliphatic rings. The van der Waals surface area contributed by atoms with Gasteiger partial charge in [0, 0.05) is 6.07 Å². The van der Waals surface area contributed by atoms with E-state index < -0.39 is 22.5 Å². The quantitative estimate of drug-likeness (QED) is 0.153. The van der Waals surface area contributed by atoms with Gasteiger partial charge in [-0.2, -0.15) is 5.10 Å². The highest BCUT2D eigenvalue weighted by atomic mass is 35.5. The summed E-state index contributed by atoms with van der Waals surface area (Å²) in [4.78, 5) is 25.0. The fourth-order valence-electron chi connectivity index (χ4n) is 4.02. The van der Waals surface area contributed by atoms with Crippen LogP contribution in [0.15, 0.2) is 101 Å². The summed E-state index contributed by atoms with van der Waals surface area (Å²) in [6.45, 7) is 1.11. The number of para-hydroxylation sites is 1. The van der Waals surface area contributed by atoms with Gasteiger partial charge in [-0.3, -0.25) is 13.9 Å². The van der Waals surface area contributed by atoms with Crippen LogP contribution in [0.25, 0.3) is 0 Å². The van der Waals surface area contributed by atoms with Gasteiger partial charge in [0.1, 0.15) is 12.3 Å². The molecule has 234 valence electrons. The Kier molecular flexibility index (Phi) is 11.0. The molecule has 0 radical (unpaired) electrons. The molecule has 4 aromatic rings. The molecular formula is C32H31ClN4O7S. The maximum atomic E-state index is 13.7. The van der Waals surface area contributed by atoms with Gasteiger partial charge in [-0.1, -0.05) is 41.4 Å². The monoisotopic (exact) mass is 650 g/mol. The van der Waals surface area contributed by atoms with Gasteiger partial charge in [-0.15, -0.1) is 0 Å². The molecule has 4 aromatic carbocycles. The highest BCUT2D eigenvalue weighted by molar-refractivity contribution is 7.92. The zero-order valence-corrected chi connectivity index (χ0v) is 26.3. The summed E-state index contributed by atoms with van der Waals surface area (Å²) in [5.74, 6) is 0.00133. The summed E-state index contributed by atoms with van der Waals surface area (Å²) in [5.41, 5.74) is 4.70.